The molecule has 1 amide bonds. The van der Waals surface area contributed by atoms with Gasteiger partial charge in [0.1, 0.15) is 6.61 Å². The standard InChI is InChI=1S/C10H20N2O4/c1-4-16-10(14)8-15-6-5-12(3)7-9(13)11-2/h4-8H2,1-3H3,(H,11,13). The first kappa shape index (κ1) is 14.9. The molecule has 94 valence electrons. The van der Waals surface area contributed by atoms with Crippen molar-refractivity contribution in [2.75, 3.05) is 47.0 Å². The van der Waals surface area contributed by atoms with Crippen LogP contribution in [0.25, 0.3) is 0 Å². The van der Waals surface area contributed by atoms with E-state index in [-0.39, 0.29) is 18.5 Å². The van der Waals surface area contributed by atoms with Crippen LogP contribution in [0.4, 0.5) is 0 Å². The monoisotopic (exact) mass is 232 g/mol. The molecular formula is C10H20N2O4. The second-order valence-electron chi connectivity index (χ2n) is 3.27. The van der Waals surface area contributed by atoms with Crippen LogP contribution in [-0.2, 0) is 19.1 Å². The summed E-state index contributed by atoms with van der Waals surface area (Å²) in [6.45, 7) is 3.37. The Morgan fingerprint density at radius 2 is 2.06 bits per heavy atom. The molecule has 0 atom stereocenters. The Balaban J connectivity index is 3.44. The van der Waals surface area contributed by atoms with E-state index < -0.39 is 0 Å². The molecule has 0 radical (unpaired) electrons. The van der Waals surface area contributed by atoms with Gasteiger partial charge in [-0.3, -0.25) is 9.69 Å². The van der Waals surface area contributed by atoms with Gasteiger partial charge >= 0.3 is 5.97 Å². The summed E-state index contributed by atoms with van der Waals surface area (Å²) >= 11 is 0. The molecule has 0 heterocycles. The van der Waals surface area contributed by atoms with Crippen molar-refractivity contribution in [1.82, 2.24) is 10.2 Å². The van der Waals surface area contributed by atoms with Crippen LogP contribution in [0.5, 0.6) is 0 Å². The lowest BCUT2D eigenvalue weighted by Crippen LogP contribution is -2.35. The Bertz CT molecular complexity index is 221. The molecule has 0 spiro atoms. The fourth-order valence-corrected chi connectivity index (χ4v) is 0.982. The molecular weight excluding hydrogens is 212 g/mol. The summed E-state index contributed by atoms with van der Waals surface area (Å²) in [5.41, 5.74) is 0. The van der Waals surface area contributed by atoms with Crippen LogP contribution in [0, 0.1) is 0 Å². The van der Waals surface area contributed by atoms with Crippen LogP contribution in [0.2, 0.25) is 0 Å². The molecule has 0 aromatic heterocycles. The van der Waals surface area contributed by atoms with E-state index in [1.165, 1.54) is 0 Å². The molecule has 0 aliphatic rings. The van der Waals surface area contributed by atoms with E-state index in [0.717, 1.165) is 0 Å². The number of likely N-dealkylation sites (N-methyl/N-ethyl adjacent to an activating group) is 2. The van der Waals surface area contributed by atoms with Crippen LogP contribution in [0.3, 0.4) is 0 Å². The van der Waals surface area contributed by atoms with Crippen LogP contribution < -0.4 is 5.32 Å². The fraction of sp³-hybridized carbons (Fsp3) is 0.800. The third-order valence-electron chi connectivity index (χ3n) is 1.83. The summed E-state index contributed by atoms with van der Waals surface area (Å²) < 4.78 is 9.78. The van der Waals surface area contributed by atoms with Gasteiger partial charge in [0.2, 0.25) is 5.91 Å². The summed E-state index contributed by atoms with van der Waals surface area (Å²) in [5.74, 6) is -0.413. The summed E-state index contributed by atoms with van der Waals surface area (Å²) in [7, 11) is 3.40. The van der Waals surface area contributed by atoms with E-state index in [1.807, 2.05) is 11.9 Å². The smallest absolute Gasteiger partial charge is 0.332 e. The average Bonchev–Trinajstić information content (AvgIpc) is 2.24. The third kappa shape index (κ3) is 8.19. The molecule has 0 fully saturated rings. The van der Waals surface area contributed by atoms with Crippen LogP contribution >= 0.6 is 0 Å². The minimum Gasteiger partial charge on any atom is -0.464 e. The van der Waals surface area contributed by atoms with E-state index >= 15 is 0 Å². The van der Waals surface area contributed by atoms with Gasteiger partial charge in [0, 0.05) is 13.6 Å². The highest BCUT2D eigenvalue weighted by Crippen LogP contribution is 1.85. The minimum absolute atomic E-state index is 0.0400. The highest BCUT2D eigenvalue weighted by molar-refractivity contribution is 5.77. The van der Waals surface area contributed by atoms with Gasteiger partial charge in [-0.05, 0) is 14.0 Å². The van der Waals surface area contributed by atoms with Crippen molar-refractivity contribution in [2.45, 2.75) is 6.92 Å². The SMILES string of the molecule is CCOC(=O)COCCN(C)CC(=O)NC. The Morgan fingerprint density at radius 1 is 1.38 bits per heavy atom. The van der Waals surface area contributed by atoms with Crippen LogP contribution in [0.15, 0.2) is 0 Å². The number of rotatable bonds is 8. The van der Waals surface area contributed by atoms with Crippen molar-refractivity contribution in [3.05, 3.63) is 0 Å². The molecule has 0 rings (SSSR count). The van der Waals surface area contributed by atoms with Crippen molar-refractivity contribution >= 4 is 11.9 Å². The first-order valence-corrected chi connectivity index (χ1v) is 5.22. The first-order chi connectivity index (χ1) is 7.60. The highest BCUT2D eigenvalue weighted by Gasteiger charge is 2.05. The Hall–Kier alpha value is -1.14. The van der Waals surface area contributed by atoms with E-state index in [4.69, 9.17) is 4.74 Å². The van der Waals surface area contributed by atoms with Crippen LogP contribution in [-0.4, -0.2) is 63.8 Å². The molecule has 0 saturated heterocycles. The summed E-state index contributed by atoms with van der Waals surface area (Å²) in [6, 6.07) is 0. The summed E-state index contributed by atoms with van der Waals surface area (Å²) in [4.78, 5) is 23.7. The largest absolute Gasteiger partial charge is 0.464 e. The lowest BCUT2D eigenvalue weighted by molar-refractivity contribution is -0.148. The topological polar surface area (TPSA) is 67.9 Å². The molecule has 0 unspecified atom stereocenters. The van der Waals surface area contributed by atoms with Crippen molar-refractivity contribution in [3.8, 4) is 0 Å². The molecule has 6 heteroatoms. The predicted octanol–water partition coefficient (Wildman–Crippen LogP) is -0.756. The van der Waals surface area contributed by atoms with Gasteiger partial charge in [-0.15, -0.1) is 0 Å². The molecule has 0 saturated carbocycles. The number of carbonyl (C=O) groups is 2. The predicted molar refractivity (Wildman–Crippen MR) is 59.0 cm³/mol. The summed E-state index contributed by atoms with van der Waals surface area (Å²) in [5, 5.41) is 2.53. The number of nitrogens with zero attached hydrogens (tertiary/aromatic N) is 1. The van der Waals surface area contributed by atoms with Crippen molar-refractivity contribution in [2.24, 2.45) is 0 Å². The Kier molecular flexibility index (Phi) is 8.46. The van der Waals surface area contributed by atoms with Gasteiger partial charge in [-0.2, -0.15) is 0 Å². The second kappa shape index (κ2) is 9.11. The Morgan fingerprint density at radius 3 is 2.62 bits per heavy atom. The maximum atomic E-state index is 11.0. The number of esters is 1. The molecule has 16 heavy (non-hydrogen) atoms. The number of nitrogens with one attached hydrogen (secondary N) is 1. The lowest BCUT2D eigenvalue weighted by Gasteiger charge is -2.15. The number of carbonyl (C=O) groups excluding carboxylic acids is 2. The quantitative estimate of drug-likeness (QED) is 0.440. The fourth-order valence-electron chi connectivity index (χ4n) is 0.982. The maximum Gasteiger partial charge on any atom is 0.332 e. The zero-order valence-corrected chi connectivity index (χ0v) is 10.1. The molecule has 1 N–H and O–H groups in total. The zero-order chi connectivity index (χ0) is 12.4. The van der Waals surface area contributed by atoms with Gasteiger partial charge in [0.05, 0.1) is 19.8 Å². The zero-order valence-electron chi connectivity index (χ0n) is 10.1. The van der Waals surface area contributed by atoms with E-state index in [2.05, 4.69) is 10.1 Å². The van der Waals surface area contributed by atoms with Crippen molar-refractivity contribution in [1.29, 1.82) is 0 Å². The Labute approximate surface area is 95.9 Å². The number of hydrogen-bond acceptors (Lipinski definition) is 5. The maximum absolute atomic E-state index is 11.0. The van der Waals surface area contributed by atoms with Gasteiger partial charge in [-0.25, -0.2) is 4.79 Å². The van der Waals surface area contributed by atoms with E-state index in [9.17, 15) is 9.59 Å². The molecule has 6 nitrogen and oxygen atoms in total. The highest BCUT2D eigenvalue weighted by atomic mass is 16.6. The molecule has 0 aliphatic carbocycles. The first-order valence-electron chi connectivity index (χ1n) is 5.22. The third-order valence-corrected chi connectivity index (χ3v) is 1.83. The van der Waals surface area contributed by atoms with Crippen LogP contribution in [0.1, 0.15) is 6.92 Å². The van der Waals surface area contributed by atoms with Gasteiger partial charge in [0.15, 0.2) is 0 Å². The van der Waals surface area contributed by atoms with Crippen molar-refractivity contribution < 1.29 is 19.1 Å². The minimum atomic E-state index is -0.364. The van der Waals surface area contributed by atoms with E-state index in [0.29, 0.717) is 26.3 Å². The number of amides is 1. The van der Waals surface area contributed by atoms with Gasteiger partial charge in [-0.1, -0.05) is 0 Å². The molecule has 0 aromatic rings. The summed E-state index contributed by atoms with van der Waals surface area (Å²) in [6.07, 6.45) is 0. The average molecular weight is 232 g/mol. The number of ether oxygens (including phenoxy) is 2. The molecule has 0 aromatic carbocycles. The van der Waals surface area contributed by atoms with E-state index in [1.54, 1.807) is 14.0 Å². The molecule has 0 bridgehead atoms. The molecule has 0 aliphatic heterocycles. The number of hydrogen-bond donors (Lipinski definition) is 1. The normalized spacial score (nSPS) is 10.2. The van der Waals surface area contributed by atoms with Gasteiger partial charge in [0.25, 0.3) is 0 Å². The second-order valence-corrected chi connectivity index (χ2v) is 3.27. The van der Waals surface area contributed by atoms with Crippen molar-refractivity contribution in [3.63, 3.8) is 0 Å². The lowest BCUT2D eigenvalue weighted by atomic mass is 10.5. The van der Waals surface area contributed by atoms with Gasteiger partial charge < -0.3 is 14.8 Å².